The lowest BCUT2D eigenvalue weighted by Crippen LogP contribution is -1.93. The van der Waals surface area contributed by atoms with Gasteiger partial charge in [-0.15, -0.1) is 0 Å². The number of halogens is 2. The highest BCUT2D eigenvalue weighted by Gasteiger charge is 2.12. The predicted octanol–water partition coefficient (Wildman–Crippen LogP) is 7.51. The quantitative estimate of drug-likeness (QED) is 0.285. The van der Waals surface area contributed by atoms with Gasteiger partial charge in [0.1, 0.15) is 24.7 Å². The molecule has 3 aromatic carbocycles. The van der Waals surface area contributed by atoms with Crippen molar-refractivity contribution in [3.63, 3.8) is 0 Å². The molecule has 30 heavy (non-hydrogen) atoms. The van der Waals surface area contributed by atoms with Crippen molar-refractivity contribution < 1.29 is 18.3 Å². The van der Waals surface area contributed by atoms with Crippen LogP contribution in [0.25, 0.3) is 22.4 Å². The number of hydrogen-bond donors (Lipinski definition) is 0. The Hall–Kier alpha value is -3.40. The Labute approximate surface area is 175 Å². The average molecular weight is 406 g/mol. The first-order chi connectivity index (χ1) is 14.6. The van der Waals surface area contributed by atoms with E-state index in [4.69, 9.17) is 9.47 Å². The smallest absolute Gasteiger partial charge is 0.166 e. The maximum Gasteiger partial charge on any atom is 0.166 e. The van der Waals surface area contributed by atoms with E-state index in [9.17, 15) is 8.78 Å². The summed E-state index contributed by atoms with van der Waals surface area (Å²) in [6.07, 6.45) is 7.58. The van der Waals surface area contributed by atoms with Crippen LogP contribution < -0.4 is 9.47 Å². The van der Waals surface area contributed by atoms with Crippen LogP contribution in [0.4, 0.5) is 8.78 Å². The van der Waals surface area contributed by atoms with E-state index in [2.05, 4.69) is 0 Å². The maximum atomic E-state index is 14.8. The van der Waals surface area contributed by atoms with Crippen LogP contribution in [0.1, 0.15) is 25.0 Å². The highest BCUT2D eigenvalue weighted by Crippen LogP contribution is 2.32. The first-order valence-corrected chi connectivity index (χ1v) is 9.80. The molecule has 0 amide bonds. The van der Waals surface area contributed by atoms with Crippen molar-refractivity contribution in [3.05, 3.63) is 96.1 Å². The van der Waals surface area contributed by atoms with Gasteiger partial charge in [0.15, 0.2) is 11.7 Å². The molecule has 0 aliphatic heterocycles. The summed E-state index contributed by atoms with van der Waals surface area (Å²) in [7, 11) is 0. The Morgan fingerprint density at radius 2 is 1.17 bits per heavy atom. The summed E-state index contributed by atoms with van der Waals surface area (Å²) in [6, 6.07) is 16.8. The molecule has 0 fully saturated rings. The van der Waals surface area contributed by atoms with E-state index < -0.39 is 11.7 Å². The van der Waals surface area contributed by atoms with Crippen LogP contribution in [-0.4, -0.2) is 13.2 Å². The number of hydrogen-bond acceptors (Lipinski definition) is 2. The lowest BCUT2D eigenvalue weighted by Gasteiger charge is -2.08. The van der Waals surface area contributed by atoms with E-state index in [0.717, 1.165) is 16.5 Å². The topological polar surface area (TPSA) is 18.5 Å². The first-order valence-electron chi connectivity index (χ1n) is 9.80. The summed E-state index contributed by atoms with van der Waals surface area (Å²) in [4.78, 5) is 0. The van der Waals surface area contributed by atoms with Gasteiger partial charge in [0.25, 0.3) is 0 Å². The van der Waals surface area contributed by atoms with Crippen LogP contribution in [0, 0.1) is 0 Å². The molecule has 0 bridgehead atoms. The molecule has 2 nitrogen and oxygen atoms in total. The minimum Gasteiger partial charge on any atom is -0.490 e. The van der Waals surface area contributed by atoms with Crippen LogP contribution in [0.3, 0.4) is 0 Å². The van der Waals surface area contributed by atoms with Gasteiger partial charge >= 0.3 is 0 Å². The van der Waals surface area contributed by atoms with Gasteiger partial charge in [-0.05, 0) is 67.1 Å². The molecule has 3 rings (SSSR count). The van der Waals surface area contributed by atoms with E-state index in [1.165, 1.54) is 12.1 Å². The van der Waals surface area contributed by atoms with E-state index in [0.29, 0.717) is 19.0 Å². The third kappa shape index (κ3) is 5.35. The molecule has 0 atom stereocenters. The molecule has 0 saturated carbocycles. The van der Waals surface area contributed by atoms with Crippen molar-refractivity contribution in [2.24, 2.45) is 0 Å². The van der Waals surface area contributed by atoms with Crippen LogP contribution in [0.5, 0.6) is 11.5 Å². The molecule has 4 heteroatoms. The molecule has 0 heterocycles. The van der Waals surface area contributed by atoms with Crippen LogP contribution >= 0.6 is 0 Å². The minimum absolute atomic E-state index is 0.165. The lowest BCUT2D eigenvalue weighted by atomic mass is 10.0. The predicted molar refractivity (Wildman–Crippen MR) is 120 cm³/mol. The largest absolute Gasteiger partial charge is 0.490 e. The third-order valence-electron chi connectivity index (χ3n) is 4.53. The van der Waals surface area contributed by atoms with E-state index in [1.54, 1.807) is 30.3 Å². The van der Waals surface area contributed by atoms with Crippen molar-refractivity contribution in [2.45, 2.75) is 13.8 Å². The number of ether oxygens (including phenoxy) is 2. The third-order valence-corrected chi connectivity index (χ3v) is 4.53. The zero-order valence-corrected chi connectivity index (χ0v) is 17.1. The second kappa shape index (κ2) is 10.4. The molecule has 0 unspecified atom stereocenters. The molecule has 154 valence electrons. The molecule has 0 spiro atoms. The zero-order chi connectivity index (χ0) is 21.3. The summed E-state index contributed by atoms with van der Waals surface area (Å²) < 4.78 is 40.6. The fraction of sp³-hybridized carbons (Fsp3) is 0.154. The maximum absolute atomic E-state index is 14.8. The van der Waals surface area contributed by atoms with Crippen molar-refractivity contribution in [2.75, 3.05) is 13.2 Å². The van der Waals surface area contributed by atoms with Gasteiger partial charge < -0.3 is 9.47 Å². The second-order valence-corrected chi connectivity index (χ2v) is 6.64. The van der Waals surface area contributed by atoms with Crippen LogP contribution in [0.15, 0.2) is 85.0 Å². The molecule has 0 saturated heterocycles. The van der Waals surface area contributed by atoms with Crippen molar-refractivity contribution in [1.82, 2.24) is 0 Å². The van der Waals surface area contributed by atoms with Crippen molar-refractivity contribution >= 4 is 22.4 Å². The van der Waals surface area contributed by atoms with Gasteiger partial charge in [-0.1, -0.05) is 42.5 Å². The van der Waals surface area contributed by atoms with Gasteiger partial charge in [0.2, 0.25) is 0 Å². The SMILES string of the molecule is CC=CCOc1ccc(C(F)=C(F)c2ccc3cc(OCC=CC)ccc3c2)cc1. The molecule has 0 aliphatic carbocycles. The normalized spacial score (nSPS) is 12.5. The van der Waals surface area contributed by atoms with E-state index in [1.807, 2.05) is 56.4 Å². The zero-order valence-electron chi connectivity index (χ0n) is 17.1. The summed E-state index contributed by atoms with van der Waals surface area (Å²) in [5.74, 6) is -0.468. The molecule has 0 aromatic heterocycles. The van der Waals surface area contributed by atoms with Crippen molar-refractivity contribution in [3.8, 4) is 11.5 Å². The van der Waals surface area contributed by atoms with Crippen LogP contribution in [-0.2, 0) is 0 Å². The summed E-state index contributed by atoms with van der Waals surface area (Å²) in [5.41, 5.74) is 0.356. The van der Waals surface area contributed by atoms with Gasteiger partial charge in [-0.3, -0.25) is 0 Å². The molecule has 0 aliphatic rings. The second-order valence-electron chi connectivity index (χ2n) is 6.64. The Kier molecular flexibility index (Phi) is 7.39. The summed E-state index contributed by atoms with van der Waals surface area (Å²) >= 11 is 0. The van der Waals surface area contributed by atoms with Gasteiger partial charge in [-0.2, -0.15) is 0 Å². The van der Waals surface area contributed by atoms with Gasteiger partial charge in [0.05, 0.1) is 0 Å². The van der Waals surface area contributed by atoms with Crippen LogP contribution in [0.2, 0.25) is 0 Å². The first kappa shape index (κ1) is 21.3. The highest BCUT2D eigenvalue weighted by molar-refractivity contribution is 5.90. The molecular weight excluding hydrogens is 382 g/mol. The Morgan fingerprint density at radius 3 is 1.83 bits per heavy atom. The van der Waals surface area contributed by atoms with Gasteiger partial charge in [-0.25, -0.2) is 8.78 Å². The summed E-state index contributed by atoms with van der Waals surface area (Å²) in [5, 5.41) is 1.70. The molecule has 3 aromatic rings. The Morgan fingerprint density at radius 1 is 0.667 bits per heavy atom. The van der Waals surface area contributed by atoms with E-state index >= 15 is 0 Å². The number of rotatable bonds is 8. The van der Waals surface area contributed by atoms with E-state index in [-0.39, 0.29) is 11.1 Å². The van der Waals surface area contributed by atoms with Crippen molar-refractivity contribution in [1.29, 1.82) is 0 Å². The lowest BCUT2D eigenvalue weighted by molar-refractivity contribution is 0.362. The molecule has 0 radical (unpaired) electrons. The fourth-order valence-electron chi connectivity index (χ4n) is 2.88. The Balaban J connectivity index is 1.80. The molecular formula is C26H24F2O2. The number of fused-ring (bicyclic) bond motifs is 1. The summed E-state index contributed by atoms with van der Waals surface area (Å²) in [6.45, 7) is 4.75. The number of benzene rings is 3. The highest BCUT2D eigenvalue weighted by atomic mass is 19.2. The van der Waals surface area contributed by atoms with Gasteiger partial charge in [0, 0.05) is 11.1 Å². The number of allylic oxidation sites excluding steroid dienone is 2. The molecule has 0 N–H and O–H groups in total. The standard InChI is InChI=1S/C26H24F2O2/c1-3-5-15-29-23-12-9-19(10-13-23)25(27)26(28)22-8-7-21-18-24(30-16-6-4-2)14-11-20(21)17-22/h3-14,17-18H,15-16H2,1-2H3. The average Bonchev–Trinajstić information content (AvgIpc) is 2.78. The monoisotopic (exact) mass is 406 g/mol. The Bertz CT molecular complexity index is 1080. The fourth-order valence-corrected chi connectivity index (χ4v) is 2.88. The minimum atomic E-state index is -0.902.